The molecule has 2 rings (SSSR count). The van der Waals surface area contributed by atoms with Gasteiger partial charge in [-0.15, -0.1) is 0 Å². The molecule has 0 spiro atoms. The summed E-state index contributed by atoms with van der Waals surface area (Å²) in [6.07, 6.45) is -4.34. The van der Waals surface area contributed by atoms with E-state index in [1.54, 1.807) is 36.4 Å². The Morgan fingerprint density at radius 3 is 2.40 bits per heavy atom. The third kappa shape index (κ3) is 8.09. The number of halogens is 4. The van der Waals surface area contributed by atoms with Gasteiger partial charge in [0, 0.05) is 18.7 Å². The van der Waals surface area contributed by atoms with E-state index in [9.17, 15) is 17.6 Å². The van der Waals surface area contributed by atoms with Gasteiger partial charge in [0.05, 0.1) is 24.8 Å². The monoisotopic (exact) mass is 422 g/mol. The molecule has 0 fully saturated rings. The Morgan fingerprint density at radius 2 is 1.80 bits per heavy atom. The van der Waals surface area contributed by atoms with E-state index in [0.29, 0.717) is 30.2 Å². The fourth-order valence-electron chi connectivity index (χ4n) is 2.48. The molecule has 0 aromatic heterocycles. The molecule has 0 aliphatic heterocycles. The number of alkyl halides is 3. The molecule has 9 heteroatoms. The molecule has 0 bridgehead atoms. The van der Waals surface area contributed by atoms with Gasteiger partial charge in [-0.3, -0.25) is 0 Å². The van der Waals surface area contributed by atoms with Crippen LogP contribution >= 0.6 is 0 Å². The Balaban J connectivity index is 1.91. The van der Waals surface area contributed by atoms with Crippen LogP contribution in [0.5, 0.6) is 0 Å². The van der Waals surface area contributed by atoms with Crippen LogP contribution in [-0.4, -0.2) is 25.3 Å². The van der Waals surface area contributed by atoms with Crippen LogP contribution in [0.2, 0.25) is 0 Å². The molecule has 0 aliphatic carbocycles. The maximum absolute atomic E-state index is 14.0. The zero-order valence-electron chi connectivity index (χ0n) is 16.4. The average Bonchev–Trinajstić information content (AvgIpc) is 2.70. The molecule has 0 aliphatic rings. The molecule has 0 amide bonds. The second-order valence-electron chi connectivity index (χ2n) is 6.39. The number of nitrogens with one attached hydrogen (secondary N) is 2. The van der Waals surface area contributed by atoms with E-state index in [4.69, 9.17) is 5.26 Å². The predicted molar refractivity (Wildman–Crippen MR) is 105 cm³/mol. The van der Waals surface area contributed by atoms with Gasteiger partial charge < -0.3 is 15.4 Å². The first-order valence-corrected chi connectivity index (χ1v) is 9.23. The Labute approximate surface area is 172 Å². The van der Waals surface area contributed by atoms with Crippen molar-refractivity contribution in [1.82, 2.24) is 10.6 Å². The summed E-state index contributed by atoms with van der Waals surface area (Å²) in [7, 11) is 0. The standard InChI is InChI=1S/C21H22F4N4O/c1-2-27-20(29-12-18-8-7-17(10-26)9-19(18)22)28-11-15-3-5-16(6-4-15)13-30-14-21(23,24)25/h3-9H,2,11-14H2,1H3,(H2,27,28,29). The van der Waals surface area contributed by atoms with Crippen molar-refractivity contribution in [2.75, 3.05) is 13.2 Å². The maximum atomic E-state index is 14.0. The second-order valence-corrected chi connectivity index (χ2v) is 6.39. The Bertz CT molecular complexity index is 889. The van der Waals surface area contributed by atoms with Crippen molar-refractivity contribution in [2.45, 2.75) is 32.8 Å². The maximum Gasteiger partial charge on any atom is 0.411 e. The van der Waals surface area contributed by atoms with Gasteiger partial charge in [-0.25, -0.2) is 9.38 Å². The molecule has 0 atom stereocenters. The van der Waals surface area contributed by atoms with Crippen LogP contribution in [0.15, 0.2) is 47.5 Å². The van der Waals surface area contributed by atoms with Crippen LogP contribution in [0.3, 0.4) is 0 Å². The van der Waals surface area contributed by atoms with Gasteiger partial charge in [-0.2, -0.15) is 18.4 Å². The van der Waals surface area contributed by atoms with Crippen LogP contribution in [0.4, 0.5) is 17.6 Å². The molecule has 2 N–H and O–H groups in total. The Hall–Kier alpha value is -3.12. The highest BCUT2D eigenvalue weighted by Crippen LogP contribution is 2.16. The summed E-state index contributed by atoms with van der Waals surface area (Å²) < 4.78 is 54.9. The number of ether oxygens (including phenoxy) is 1. The van der Waals surface area contributed by atoms with Gasteiger partial charge in [-0.05, 0) is 30.2 Å². The van der Waals surface area contributed by atoms with Gasteiger partial charge >= 0.3 is 6.18 Å². The fraction of sp³-hybridized carbons (Fsp3) is 0.333. The van der Waals surface area contributed by atoms with Crippen LogP contribution in [0, 0.1) is 17.1 Å². The molecule has 30 heavy (non-hydrogen) atoms. The number of nitriles is 1. The van der Waals surface area contributed by atoms with Gasteiger partial charge in [-0.1, -0.05) is 30.3 Å². The third-order valence-electron chi connectivity index (χ3n) is 3.95. The highest BCUT2D eigenvalue weighted by molar-refractivity contribution is 5.79. The Morgan fingerprint density at radius 1 is 1.10 bits per heavy atom. The third-order valence-corrected chi connectivity index (χ3v) is 3.95. The van der Waals surface area contributed by atoms with Crippen LogP contribution in [-0.2, 0) is 24.4 Å². The lowest BCUT2D eigenvalue weighted by Gasteiger charge is -2.12. The summed E-state index contributed by atoms with van der Waals surface area (Å²) in [6.45, 7) is 1.63. The van der Waals surface area contributed by atoms with E-state index in [1.165, 1.54) is 6.07 Å². The van der Waals surface area contributed by atoms with E-state index in [0.717, 1.165) is 5.56 Å². The molecule has 0 saturated carbocycles. The van der Waals surface area contributed by atoms with Crippen LogP contribution < -0.4 is 10.6 Å². The SMILES string of the molecule is CCNC(=NCc1ccc(COCC(F)(F)F)cc1)NCc1ccc(C#N)cc1F. The first-order chi connectivity index (χ1) is 14.3. The minimum absolute atomic E-state index is 0.122. The van der Waals surface area contributed by atoms with Crippen molar-refractivity contribution in [3.8, 4) is 6.07 Å². The highest BCUT2D eigenvalue weighted by atomic mass is 19.4. The van der Waals surface area contributed by atoms with E-state index < -0.39 is 18.6 Å². The molecular formula is C21H22F4N4O. The number of rotatable bonds is 8. The summed E-state index contributed by atoms with van der Waals surface area (Å²) in [6, 6.07) is 13.1. The van der Waals surface area contributed by atoms with Gasteiger partial charge in [0.2, 0.25) is 0 Å². The lowest BCUT2D eigenvalue weighted by atomic mass is 10.1. The number of hydrogen-bond donors (Lipinski definition) is 2. The highest BCUT2D eigenvalue weighted by Gasteiger charge is 2.27. The molecule has 5 nitrogen and oxygen atoms in total. The van der Waals surface area contributed by atoms with Crippen molar-refractivity contribution in [2.24, 2.45) is 4.99 Å². The normalized spacial score (nSPS) is 11.8. The molecular weight excluding hydrogens is 400 g/mol. The van der Waals surface area contributed by atoms with Gasteiger partial charge in [0.15, 0.2) is 5.96 Å². The minimum atomic E-state index is -4.34. The molecule has 0 saturated heterocycles. The lowest BCUT2D eigenvalue weighted by Crippen LogP contribution is -2.37. The quantitative estimate of drug-likeness (QED) is 0.383. The number of hydrogen-bond acceptors (Lipinski definition) is 3. The van der Waals surface area contributed by atoms with Crippen LogP contribution in [0.25, 0.3) is 0 Å². The first-order valence-electron chi connectivity index (χ1n) is 9.23. The topological polar surface area (TPSA) is 69.4 Å². The Kier molecular flexibility index (Phi) is 8.62. The summed E-state index contributed by atoms with van der Waals surface area (Å²) >= 11 is 0. The van der Waals surface area contributed by atoms with E-state index in [2.05, 4.69) is 20.4 Å². The first kappa shape index (κ1) is 23.2. The lowest BCUT2D eigenvalue weighted by molar-refractivity contribution is -0.176. The molecule has 2 aromatic rings. The molecule has 2 aromatic carbocycles. The van der Waals surface area contributed by atoms with Gasteiger partial charge in [0.1, 0.15) is 12.4 Å². The largest absolute Gasteiger partial charge is 0.411 e. The zero-order valence-corrected chi connectivity index (χ0v) is 16.4. The van der Waals surface area contributed by atoms with Crippen molar-refractivity contribution in [3.63, 3.8) is 0 Å². The van der Waals surface area contributed by atoms with Crippen molar-refractivity contribution >= 4 is 5.96 Å². The number of guanidine groups is 1. The van der Waals surface area contributed by atoms with E-state index in [1.807, 2.05) is 13.0 Å². The second kappa shape index (κ2) is 11.2. The summed E-state index contributed by atoms with van der Waals surface area (Å²) in [5.74, 6) is 0.0135. The average molecular weight is 422 g/mol. The number of nitrogens with zero attached hydrogens (tertiary/aromatic N) is 2. The molecule has 0 radical (unpaired) electrons. The minimum Gasteiger partial charge on any atom is -0.367 e. The van der Waals surface area contributed by atoms with E-state index in [-0.39, 0.29) is 18.7 Å². The molecule has 0 heterocycles. The zero-order chi connectivity index (χ0) is 22.0. The van der Waals surface area contributed by atoms with Crippen molar-refractivity contribution < 1.29 is 22.3 Å². The van der Waals surface area contributed by atoms with Crippen molar-refractivity contribution in [1.29, 1.82) is 5.26 Å². The summed E-state index contributed by atoms with van der Waals surface area (Å²) in [4.78, 5) is 4.43. The number of benzene rings is 2. The number of aliphatic imine (C=N–C) groups is 1. The molecule has 0 unspecified atom stereocenters. The summed E-state index contributed by atoms with van der Waals surface area (Å²) in [5.41, 5.74) is 2.15. The van der Waals surface area contributed by atoms with E-state index >= 15 is 0 Å². The van der Waals surface area contributed by atoms with Gasteiger partial charge in [0.25, 0.3) is 0 Å². The van der Waals surface area contributed by atoms with Crippen molar-refractivity contribution in [3.05, 3.63) is 70.5 Å². The smallest absolute Gasteiger partial charge is 0.367 e. The van der Waals surface area contributed by atoms with Crippen LogP contribution in [0.1, 0.15) is 29.2 Å². The fourth-order valence-corrected chi connectivity index (χ4v) is 2.48. The molecule has 160 valence electrons. The predicted octanol–water partition coefficient (Wildman–Crippen LogP) is 4.03. The summed E-state index contributed by atoms with van der Waals surface area (Å²) in [5, 5.41) is 14.9.